The molecule has 1 aromatic heterocycles. The Labute approximate surface area is 84.6 Å². The van der Waals surface area contributed by atoms with E-state index in [9.17, 15) is 4.39 Å². The van der Waals surface area contributed by atoms with Crippen molar-refractivity contribution >= 4 is 34.1 Å². The van der Waals surface area contributed by atoms with Crippen LogP contribution in [0.15, 0.2) is 22.4 Å². The molecule has 0 unspecified atom stereocenters. The molecule has 0 radical (unpaired) electrons. The molecule has 0 saturated carbocycles. The number of fused-ring (bicyclic) bond motifs is 1. The molecule has 1 nitrogen and oxygen atoms in total. The molecule has 68 valence electrons. The molecule has 0 amide bonds. The summed E-state index contributed by atoms with van der Waals surface area (Å²) in [5, 5.41) is 0.789. The zero-order valence-electron chi connectivity index (χ0n) is 6.87. The molecule has 4 heteroatoms. The van der Waals surface area contributed by atoms with Crippen LogP contribution in [0.25, 0.3) is 10.1 Å². The van der Waals surface area contributed by atoms with Gasteiger partial charge in [-0.25, -0.2) is 4.39 Å². The van der Waals surface area contributed by atoms with Gasteiger partial charge in [0.05, 0.1) is 11.8 Å². The van der Waals surface area contributed by atoms with Gasteiger partial charge in [0.1, 0.15) is 10.0 Å². The third-order valence-corrected chi connectivity index (χ3v) is 3.28. The second-order valence-electron chi connectivity index (χ2n) is 2.56. The standard InChI is InChI=1S/C9H7FOS2/c1-11-7-5-3-2-4-6(10)8(5)13-9(7)12/h2-4,12H,1H3. The molecule has 0 spiro atoms. The topological polar surface area (TPSA) is 9.23 Å². The van der Waals surface area contributed by atoms with Gasteiger partial charge in [0.15, 0.2) is 5.75 Å². The summed E-state index contributed by atoms with van der Waals surface area (Å²) in [6, 6.07) is 4.93. The van der Waals surface area contributed by atoms with Gasteiger partial charge in [-0.2, -0.15) is 0 Å². The van der Waals surface area contributed by atoms with Crippen molar-refractivity contribution in [2.75, 3.05) is 7.11 Å². The van der Waals surface area contributed by atoms with Crippen LogP contribution in [0.2, 0.25) is 0 Å². The van der Waals surface area contributed by atoms with E-state index in [1.54, 1.807) is 13.2 Å². The minimum atomic E-state index is -0.221. The molecule has 0 saturated heterocycles. The lowest BCUT2D eigenvalue weighted by atomic mass is 10.2. The fourth-order valence-corrected chi connectivity index (χ4v) is 2.65. The van der Waals surface area contributed by atoms with Crippen LogP contribution < -0.4 is 4.74 Å². The SMILES string of the molecule is COc1c(S)sc2c(F)cccc12. The van der Waals surface area contributed by atoms with Crippen molar-refractivity contribution in [3.63, 3.8) is 0 Å². The Kier molecular flexibility index (Phi) is 2.17. The molecule has 0 fully saturated rings. The zero-order chi connectivity index (χ0) is 9.42. The first-order valence-electron chi connectivity index (χ1n) is 3.68. The Hall–Kier alpha value is -0.740. The van der Waals surface area contributed by atoms with Gasteiger partial charge in [-0.15, -0.1) is 24.0 Å². The molecule has 1 aromatic carbocycles. The lowest BCUT2D eigenvalue weighted by Crippen LogP contribution is -1.80. The summed E-state index contributed by atoms with van der Waals surface area (Å²) < 4.78 is 19.7. The van der Waals surface area contributed by atoms with Gasteiger partial charge in [0.2, 0.25) is 0 Å². The highest BCUT2D eigenvalue weighted by atomic mass is 32.2. The van der Waals surface area contributed by atoms with E-state index in [0.717, 1.165) is 5.39 Å². The molecule has 1 heterocycles. The highest BCUT2D eigenvalue weighted by Crippen LogP contribution is 2.40. The van der Waals surface area contributed by atoms with E-state index in [-0.39, 0.29) is 5.82 Å². The number of hydrogen-bond acceptors (Lipinski definition) is 3. The molecule has 0 aliphatic rings. The van der Waals surface area contributed by atoms with Crippen LogP contribution in [-0.4, -0.2) is 7.11 Å². The van der Waals surface area contributed by atoms with E-state index in [2.05, 4.69) is 12.6 Å². The second-order valence-corrected chi connectivity index (χ2v) is 4.33. The lowest BCUT2D eigenvalue weighted by Gasteiger charge is -1.97. The minimum Gasteiger partial charge on any atom is -0.494 e. The van der Waals surface area contributed by atoms with Gasteiger partial charge >= 0.3 is 0 Å². The van der Waals surface area contributed by atoms with Gasteiger partial charge in [0, 0.05) is 5.39 Å². The highest BCUT2D eigenvalue weighted by molar-refractivity contribution is 7.83. The van der Waals surface area contributed by atoms with Crippen LogP contribution in [0.5, 0.6) is 5.75 Å². The van der Waals surface area contributed by atoms with Gasteiger partial charge in [-0.05, 0) is 12.1 Å². The molecule has 0 bridgehead atoms. The maximum Gasteiger partial charge on any atom is 0.150 e. The molecular weight excluding hydrogens is 207 g/mol. The number of thiol groups is 1. The summed E-state index contributed by atoms with van der Waals surface area (Å²) in [4.78, 5) is 0. The van der Waals surface area contributed by atoms with E-state index in [1.165, 1.54) is 17.4 Å². The van der Waals surface area contributed by atoms with Crippen molar-refractivity contribution in [2.45, 2.75) is 4.21 Å². The maximum atomic E-state index is 13.2. The molecule has 2 aromatic rings. The normalized spacial score (nSPS) is 10.7. The smallest absolute Gasteiger partial charge is 0.150 e. The van der Waals surface area contributed by atoms with Crippen LogP contribution in [0.1, 0.15) is 0 Å². The van der Waals surface area contributed by atoms with Crippen molar-refractivity contribution < 1.29 is 9.13 Å². The van der Waals surface area contributed by atoms with Gasteiger partial charge in [0.25, 0.3) is 0 Å². The van der Waals surface area contributed by atoms with Gasteiger partial charge < -0.3 is 4.74 Å². The molecule has 2 rings (SSSR count). The monoisotopic (exact) mass is 214 g/mol. The number of rotatable bonds is 1. The zero-order valence-corrected chi connectivity index (χ0v) is 8.58. The van der Waals surface area contributed by atoms with E-state index in [1.807, 2.05) is 6.07 Å². The second kappa shape index (κ2) is 3.20. The molecular formula is C9H7FOS2. The summed E-state index contributed by atoms with van der Waals surface area (Å²) >= 11 is 5.50. The van der Waals surface area contributed by atoms with E-state index < -0.39 is 0 Å². The Morgan fingerprint density at radius 1 is 1.46 bits per heavy atom. The molecule has 0 N–H and O–H groups in total. The Morgan fingerprint density at radius 3 is 2.92 bits per heavy atom. The Bertz CT molecular complexity index is 450. The lowest BCUT2D eigenvalue weighted by molar-refractivity contribution is 0.413. The fraction of sp³-hybridized carbons (Fsp3) is 0.111. The predicted molar refractivity (Wildman–Crippen MR) is 55.6 cm³/mol. The summed E-state index contributed by atoms with van der Waals surface area (Å²) in [5.74, 6) is 0.434. The first-order valence-corrected chi connectivity index (χ1v) is 4.94. The minimum absolute atomic E-state index is 0.221. The van der Waals surface area contributed by atoms with Crippen LogP contribution >= 0.6 is 24.0 Å². The number of benzene rings is 1. The van der Waals surface area contributed by atoms with E-state index >= 15 is 0 Å². The maximum absolute atomic E-state index is 13.2. The number of thiophene rings is 1. The van der Waals surface area contributed by atoms with Crippen LogP contribution in [-0.2, 0) is 0 Å². The quantitative estimate of drug-likeness (QED) is 0.716. The summed E-state index contributed by atoms with van der Waals surface area (Å²) in [6.45, 7) is 0. The first kappa shape index (κ1) is 8.84. The van der Waals surface area contributed by atoms with Crippen molar-refractivity contribution in [1.82, 2.24) is 0 Å². The highest BCUT2D eigenvalue weighted by Gasteiger charge is 2.12. The molecule has 0 aliphatic heterocycles. The number of ether oxygens (including phenoxy) is 1. The van der Waals surface area contributed by atoms with Crippen molar-refractivity contribution in [2.24, 2.45) is 0 Å². The van der Waals surface area contributed by atoms with Crippen molar-refractivity contribution in [3.05, 3.63) is 24.0 Å². The summed E-state index contributed by atoms with van der Waals surface area (Å²) in [6.07, 6.45) is 0. The molecule has 0 atom stereocenters. The first-order chi connectivity index (χ1) is 6.24. The largest absolute Gasteiger partial charge is 0.494 e. The number of methoxy groups -OCH3 is 1. The Balaban J connectivity index is 2.86. The average Bonchev–Trinajstić information content (AvgIpc) is 2.43. The Morgan fingerprint density at radius 2 is 2.23 bits per heavy atom. The van der Waals surface area contributed by atoms with Crippen LogP contribution in [0.4, 0.5) is 4.39 Å². The van der Waals surface area contributed by atoms with Crippen molar-refractivity contribution in [1.29, 1.82) is 0 Å². The van der Waals surface area contributed by atoms with E-state index in [4.69, 9.17) is 4.74 Å². The van der Waals surface area contributed by atoms with Gasteiger partial charge in [-0.3, -0.25) is 0 Å². The number of halogens is 1. The van der Waals surface area contributed by atoms with Crippen LogP contribution in [0.3, 0.4) is 0 Å². The molecule has 0 aliphatic carbocycles. The third-order valence-electron chi connectivity index (χ3n) is 1.81. The van der Waals surface area contributed by atoms with E-state index in [0.29, 0.717) is 14.7 Å². The predicted octanol–water partition coefficient (Wildman–Crippen LogP) is 3.34. The summed E-state index contributed by atoms with van der Waals surface area (Å²) in [5.41, 5.74) is 0. The third kappa shape index (κ3) is 1.30. The number of hydrogen-bond donors (Lipinski definition) is 1. The molecule has 13 heavy (non-hydrogen) atoms. The van der Waals surface area contributed by atoms with Gasteiger partial charge in [-0.1, -0.05) is 6.07 Å². The average molecular weight is 214 g/mol. The van der Waals surface area contributed by atoms with Crippen molar-refractivity contribution in [3.8, 4) is 5.75 Å². The fourth-order valence-electron chi connectivity index (χ4n) is 1.25. The summed E-state index contributed by atoms with van der Waals surface area (Å²) in [7, 11) is 1.56. The van der Waals surface area contributed by atoms with Crippen LogP contribution in [0, 0.1) is 5.82 Å².